The Morgan fingerprint density at radius 2 is 2.00 bits per heavy atom. The van der Waals surface area contributed by atoms with Crippen LogP contribution < -0.4 is 10.1 Å². The summed E-state index contributed by atoms with van der Waals surface area (Å²) >= 11 is 0. The maximum absolute atomic E-state index is 14.4. The van der Waals surface area contributed by atoms with Crippen LogP contribution in [0, 0.1) is 17.7 Å². The number of piperidine rings is 1. The van der Waals surface area contributed by atoms with Gasteiger partial charge in [0.15, 0.2) is 11.5 Å². The van der Waals surface area contributed by atoms with Crippen molar-refractivity contribution in [2.45, 2.75) is 57.0 Å². The van der Waals surface area contributed by atoms with Gasteiger partial charge in [0.05, 0.1) is 49.5 Å². The first-order chi connectivity index (χ1) is 20.3. The fourth-order valence-corrected chi connectivity index (χ4v) is 5.94. The van der Waals surface area contributed by atoms with Gasteiger partial charge in [0.2, 0.25) is 11.8 Å². The average molecular weight is 578 g/mol. The van der Waals surface area contributed by atoms with Gasteiger partial charge in [-0.3, -0.25) is 29.5 Å². The molecule has 6 rings (SSSR count). The van der Waals surface area contributed by atoms with Crippen molar-refractivity contribution in [1.82, 2.24) is 35.4 Å². The number of aromatic nitrogens is 5. The zero-order chi connectivity index (χ0) is 29.4. The standard InChI is InChI=1S/C29H32FN7O5/c1-3-42-28(40)18-10-17(18)25-23(31-7-8-32-25)15-34-26(38)16-4-9-37(29(13-16)5-6-29)27(39)22-12-21(35-36-22)19-11-24(41-2)33-14-20(19)30/h7-8,11-12,14,16-18H,3-6,9-10,13,15H2,1-2H3,(H,34,38)(H,35,36)/t16-,17+,18+/m0/s1. The molecule has 1 saturated heterocycles. The van der Waals surface area contributed by atoms with Gasteiger partial charge in [-0.1, -0.05) is 0 Å². The van der Waals surface area contributed by atoms with Crippen molar-refractivity contribution in [1.29, 1.82) is 0 Å². The van der Waals surface area contributed by atoms with Crippen LogP contribution in [0.3, 0.4) is 0 Å². The molecule has 1 aliphatic heterocycles. The summed E-state index contributed by atoms with van der Waals surface area (Å²) in [5.41, 5.74) is 1.71. The molecule has 4 heterocycles. The van der Waals surface area contributed by atoms with Crippen molar-refractivity contribution < 1.29 is 28.2 Å². The zero-order valence-corrected chi connectivity index (χ0v) is 23.4. The molecular weight excluding hydrogens is 545 g/mol. The molecule has 3 atom stereocenters. The van der Waals surface area contributed by atoms with E-state index >= 15 is 0 Å². The Morgan fingerprint density at radius 3 is 2.76 bits per heavy atom. The third kappa shape index (κ3) is 5.30. The smallest absolute Gasteiger partial charge is 0.309 e. The number of likely N-dealkylation sites (tertiary alicyclic amines) is 1. The zero-order valence-electron chi connectivity index (χ0n) is 23.4. The van der Waals surface area contributed by atoms with Crippen molar-refractivity contribution in [2.24, 2.45) is 11.8 Å². The van der Waals surface area contributed by atoms with Gasteiger partial charge in [-0.2, -0.15) is 5.10 Å². The summed E-state index contributed by atoms with van der Waals surface area (Å²) in [6.07, 6.45) is 7.57. The number of halogens is 1. The van der Waals surface area contributed by atoms with Crippen LogP contribution in [0.4, 0.5) is 4.39 Å². The van der Waals surface area contributed by atoms with Crippen molar-refractivity contribution in [3.63, 3.8) is 0 Å². The van der Waals surface area contributed by atoms with Crippen molar-refractivity contribution >= 4 is 17.8 Å². The number of carbonyl (C=O) groups excluding carboxylic acids is 3. The molecule has 3 aromatic heterocycles. The van der Waals surface area contributed by atoms with Gasteiger partial charge in [-0.15, -0.1) is 0 Å². The number of pyridine rings is 1. The molecule has 0 aromatic carbocycles. The first kappa shape index (κ1) is 27.7. The Kier molecular flexibility index (Phi) is 7.33. The molecule has 42 heavy (non-hydrogen) atoms. The third-order valence-corrected chi connectivity index (χ3v) is 8.44. The lowest BCUT2D eigenvalue weighted by atomic mass is 9.88. The summed E-state index contributed by atoms with van der Waals surface area (Å²) in [5, 5.41) is 9.92. The van der Waals surface area contributed by atoms with Crippen molar-refractivity contribution in [3.05, 3.63) is 53.6 Å². The lowest BCUT2D eigenvalue weighted by Crippen LogP contribution is -2.50. The predicted molar refractivity (Wildman–Crippen MR) is 145 cm³/mol. The first-order valence-electron chi connectivity index (χ1n) is 14.1. The number of amides is 2. The van der Waals surface area contributed by atoms with Gasteiger partial charge < -0.3 is 19.7 Å². The summed E-state index contributed by atoms with van der Waals surface area (Å²) in [4.78, 5) is 53.3. The van der Waals surface area contributed by atoms with Gasteiger partial charge in [0.1, 0.15) is 0 Å². The minimum Gasteiger partial charge on any atom is -0.481 e. The Bertz CT molecular complexity index is 1520. The molecule has 2 amide bonds. The van der Waals surface area contributed by atoms with E-state index in [0.717, 1.165) is 24.7 Å². The number of rotatable bonds is 9. The highest BCUT2D eigenvalue weighted by Gasteiger charge is 2.55. The van der Waals surface area contributed by atoms with Gasteiger partial charge in [-0.05, 0) is 45.1 Å². The second-order valence-corrected chi connectivity index (χ2v) is 11.1. The third-order valence-electron chi connectivity index (χ3n) is 8.44. The number of methoxy groups -OCH3 is 1. The minimum absolute atomic E-state index is 0.0479. The van der Waals surface area contributed by atoms with Crippen LogP contribution in [0.25, 0.3) is 11.3 Å². The molecule has 2 N–H and O–H groups in total. The molecule has 3 aromatic rings. The summed E-state index contributed by atoms with van der Waals surface area (Å²) < 4.78 is 24.6. The second-order valence-electron chi connectivity index (χ2n) is 11.1. The number of esters is 1. The quantitative estimate of drug-likeness (QED) is 0.366. The van der Waals surface area contributed by atoms with Crippen LogP contribution >= 0.6 is 0 Å². The van der Waals surface area contributed by atoms with E-state index in [2.05, 4.69) is 30.5 Å². The topological polar surface area (TPSA) is 152 Å². The Hall–Kier alpha value is -4.42. The molecule has 0 bridgehead atoms. The van der Waals surface area contributed by atoms with Crippen LogP contribution in [0.1, 0.15) is 66.8 Å². The highest BCUT2D eigenvalue weighted by atomic mass is 19.1. The van der Waals surface area contributed by atoms with E-state index in [4.69, 9.17) is 9.47 Å². The highest BCUT2D eigenvalue weighted by Crippen LogP contribution is 2.51. The van der Waals surface area contributed by atoms with E-state index < -0.39 is 5.82 Å². The maximum Gasteiger partial charge on any atom is 0.309 e. The van der Waals surface area contributed by atoms with E-state index in [1.54, 1.807) is 19.3 Å². The van der Waals surface area contributed by atoms with Crippen molar-refractivity contribution in [2.75, 3.05) is 20.3 Å². The molecule has 0 radical (unpaired) electrons. The fourth-order valence-electron chi connectivity index (χ4n) is 5.94. The summed E-state index contributed by atoms with van der Waals surface area (Å²) in [7, 11) is 1.44. The Labute approximate surface area is 241 Å². The van der Waals surface area contributed by atoms with Crippen LogP contribution in [-0.2, 0) is 20.9 Å². The number of nitrogens with one attached hydrogen (secondary N) is 2. The summed E-state index contributed by atoms with van der Waals surface area (Å²) in [6.45, 7) is 2.74. The van der Waals surface area contributed by atoms with Crippen LogP contribution in [0.5, 0.6) is 5.88 Å². The Balaban J connectivity index is 1.08. The number of hydrogen-bond donors (Lipinski definition) is 2. The Morgan fingerprint density at radius 1 is 1.19 bits per heavy atom. The number of nitrogens with zero attached hydrogens (tertiary/aromatic N) is 5. The fraction of sp³-hybridized carbons (Fsp3) is 0.483. The molecule has 0 unspecified atom stereocenters. The molecule has 3 fully saturated rings. The molecular formula is C29H32FN7O5. The average Bonchev–Trinajstić information content (AvgIpc) is 3.92. The molecule has 13 heteroatoms. The molecule has 220 valence electrons. The van der Waals surface area contributed by atoms with E-state index in [1.807, 2.05) is 4.90 Å². The highest BCUT2D eigenvalue weighted by molar-refractivity contribution is 5.94. The van der Waals surface area contributed by atoms with E-state index in [0.29, 0.717) is 43.8 Å². The molecule has 12 nitrogen and oxygen atoms in total. The predicted octanol–water partition coefficient (Wildman–Crippen LogP) is 2.78. The van der Waals surface area contributed by atoms with E-state index in [1.165, 1.54) is 19.2 Å². The number of carbonyl (C=O) groups is 3. The van der Waals surface area contributed by atoms with Crippen LogP contribution in [0.2, 0.25) is 0 Å². The minimum atomic E-state index is -0.562. The number of H-pyrrole nitrogens is 1. The van der Waals surface area contributed by atoms with Gasteiger partial charge >= 0.3 is 5.97 Å². The SMILES string of the molecule is CCOC(=O)[C@@H]1C[C@H]1c1nccnc1CNC(=O)[C@H]1CCN(C(=O)c2cc(-c3cc(OC)ncc3F)[nH]n2)C2(CC2)C1. The number of hydrogen-bond acceptors (Lipinski definition) is 9. The number of ether oxygens (including phenoxy) is 2. The van der Waals surface area contributed by atoms with Gasteiger partial charge in [0.25, 0.3) is 5.91 Å². The molecule has 1 spiro atoms. The lowest BCUT2D eigenvalue weighted by Gasteiger charge is -2.39. The van der Waals surface area contributed by atoms with E-state index in [9.17, 15) is 18.8 Å². The largest absolute Gasteiger partial charge is 0.481 e. The molecule has 2 saturated carbocycles. The van der Waals surface area contributed by atoms with Crippen molar-refractivity contribution in [3.8, 4) is 17.1 Å². The summed E-state index contributed by atoms with van der Waals surface area (Å²) in [6, 6.07) is 2.97. The van der Waals surface area contributed by atoms with Gasteiger partial charge in [-0.25, -0.2) is 9.37 Å². The monoisotopic (exact) mass is 577 g/mol. The molecule has 2 aliphatic carbocycles. The van der Waals surface area contributed by atoms with Crippen LogP contribution in [0.15, 0.2) is 30.7 Å². The van der Waals surface area contributed by atoms with E-state index in [-0.39, 0.29) is 64.8 Å². The van der Waals surface area contributed by atoms with Gasteiger partial charge in [0, 0.05) is 47.9 Å². The molecule has 3 aliphatic rings. The second kappa shape index (κ2) is 11.1. The maximum atomic E-state index is 14.4. The lowest BCUT2D eigenvalue weighted by molar-refractivity contribution is -0.144. The first-order valence-corrected chi connectivity index (χ1v) is 14.1. The number of aromatic amines is 1. The summed E-state index contributed by atoms with van der Waals surface area (Å²) in [5.74, 6) is -1.40. The van der Waals surface area contributed by atoms with Crippen LogP contribution in [-0.4, -0.2) is 73.6 Å². The normalized spacial score (nSPS) is 22.0.